The maximum Gasteiger partial charge on any atom is 0.259 e. The molecule has 312 valence electrons. The molecule has 0 saturated heterocycles. The van der Waals surface area contributed by atoms with Crippen LogP contribution in [0.25, 0.3) is 54.2 Å². The highest BCUT2D eigenvalue weighted by Gasteiger charge is 2.27. The number of amides is 3. The van der Waals surface area contributed by atoms with Crippen molar-refractivity contribution in [2.75, 3.05) is 10.8 Å². The molecular weight excluding hydrogens is 777 g/mol. The molecule has 0 radical (unpaired) electrons. The van der Waals surface area contributed by atoms with Gasteiger partial charge in [0, 0.05) is 55.4 Å². The number of phenolic OH excluding ortho intramolecular Hbond substituents is 2. The molecule has 3 amide bonds. The van der Waals surface area contributed by atoms with Crippen LogP contribution in [0.1, 0.15) is 78.2 Å². The molecule has 10 nitrogen and oxygen atoms in total. The van der Waals surface area contributed by atoms with Gasteiger partial charge >= 0.3 is 0 Å². The first kappa shape index (κ1) is 41.3. The average molecular weight is 825 g/mol. The van der Waals surface area contributed by atoms with Crippen molar-refractivity contribution in [3.05, 3.63) is 156 Å². The van der Waals surface area contributed by atoms with Crippen LogP contribution in [-0.4, -0.2) is 39.0 Å². The molecule has 6 N–H and O–H groups in total. The lowest BCUT2D eigenvalue weighted by Gasteiger charge is -2.22. The third-order valence-electron chi connectivity index (χ3n) is 10.5. The molecule has 8 aromatic rings. The molecule has 62 heavy (non-hydrogen) atoms. The van der Waals surface area contributed by atoms with Crippen molar-refractivity contribution in [2.45, 2.75) is 59.2 Å². The van der Waals surface area contributed by atoms with E-state index in [1.807, 2.05) is 120 Å². The summed E-state index contributed by atoms with van der Waals surface area (Å²) in [5, 5.41) is 39.6. The molecule has 8 rings (SSSR count). The van der Waals surface area contributed by atoms with E-state index in [0.29, 0.717) is 43.9 Å². The Bertz CT molecular complexity index is 3080. The number of carbonyl (C=O) groups excluding carboxylic acids is 3. The number of benzene rings is 8. The van der Waals surface area contributed by atoms with Crippen LogP contribution in [0.3, 0.4) is 0 Å². The Balaban J connectivity index is 1.32. The van der Waals surface area contributed by atoms with Crippen molar-refractivity contribution in [1.29, 1.82) is 0 Å². The van der Waals surface area contributed by atoms with Crippen LogP contribution in [0, 0.1) is 0 Å². The zero-order valence-corrected chi connectivity index (χ0v) is 35.4. The summed E-state index contributed by atoms with van der Waals surface area (Å²) in [5.41, 5.74) is 4.65. The first-order valence-electron chi connectivity index (χ1n) is 20.4. The minimum atomic E-state index is -0.602. The van der Waals surface area contributed by atoms with Crippen molar-refractivity contribution in [3.8, 4) is 22.6 Å². The molecular formula is C52H48N4O6. The highest BCUT2D eigenvalue weighted by Crippen LogP contribution is 2.48. The summed E-state index contributed by atoms with van der Waals surface area (Å²) in [7, 11) is 0. The number of fused-ring (bicyclic) bond motifs is 4. The summed E-state index contributed by atoms with van der Waals surface area (Å²) >= 11 is 0. The van der Waals surface area contributed by atoms with Crippen molar-refractivity contribution in [3.63, 3.8) is 0 Å². The number of carbonyl (C=O) groups is 3. The van der Waals surface area contributed by atoms with E-state index in [1.54, 1.807) is 54.6 Å². The van der Waals surface area contributed by atoms with Gasteiger partial charge < -0.3 is 26.2 Å². The van der Waals surface area contributed by atoms with E-state index < -0.39 is 17.0 Å². The molecule has 0 aromatic heterocycles. The Morgan fingerprint density at radius 2 is 0.984 bits per heavy atom. The Labute approximate surface area is 359 Å². The predicted octanol–water partition coefficient (Wildman–Crippen LogP) is 11.2. The smallest absolute Gasteiger partial charge is 0.259 e. The van der Waals surface area contributed by atoms with Crippen LogP contribution in [-0.2, 0) is 11.4 Å². The highest BCUT2D eigenvalue weighted by molar-refractivity contribution is 6.18. The molecule has 8 aromatic carbocycles. The van der Waals surface area contributed by atoms with E-state index in [4.69, 9.17) is 4.84 Å². The molecule has 0 saturated carbocycles. The molecule has 0 bridgehead atoms. The Kier molecular flexibility index (Phi) is 10.8. The Morgan fingerprint density at radius 1 is 0.500 bits per heavy atom. The SMILES string of the molecule is CC(C)(C)NC(=O)c1ccc2c(-c3c(O)c(C(=O)Nc4cccc5ccccc45)cc4cc(C(=O)NC(C)(C)C)ccc34)c(O)c(CONc3cccc4ccccc34)cc2c1. The number of phenols is 2. The maximum atomic E-state index is 14.4. The topological polar surface area (TPSA) is 149 Å². The number of anilines is 2. The molecule has 0 heterocycles. The lowest BCUT2D eigenvalue weighted by Crippen LogP contribution is -2.40. The first-order chi connectivity index (χ1) is 29.5. The maximum absolute atomic E-state index is 14.4. The Morgan fingerprint density at radius 3 is 1.55 bits per heavy atom. The van der Waals surface area contributed by atoms with Crippen LogP contribution in [0.2, 0.25) is 0 Å². The fourth-order valence-corrected chi connectivity index (χ4v) is 7.78. The molecule has 10 heteroatoms. The molecule has 0 aliphatic heterocycles. The zero-order valence-electron chi connectivity index (χ0n) is 35.4. The van der Waals surface area contributed by atoms with Gasteiger partial charge in [-0.25, -0.2) is 0 Å². The van der Waals surface area contributed by atoms with Crippen molar-refractivity contribution in [1.82, 2.24) is 10.6 Å². The monoisotopic (exact) mass is 824 g/mol. The highest BCUT2D eigenvalue weighted by atomic mass is 16.6. The van der Waals surface area contributed by atoms with E-state index in [9.17, 15) is 24.6 Å². The van der Waals surface area contributed by atoms with E-state index in [0.717, 1.165) is 27.2 Å². The van der Waals surface area contributed by atoms with Gasteiger partial charge in [0.15, 0.2) is 0 Å². The van der Waals surface area contributed by atoms with Gasteiger partial charge in [-0.15, -0.1) is 0 Å². The number of rotatable bonds is 9. The summed E-state index contributed by atoms with van der Waals surface area (Å²) in [4.78, 5) is 47.5. The van der Waals surface area contributed by atoms with Crippen LogP contribution in [0.5, 0.6) is 11.5 Å². The second-order valence-electron chi connectivity index (χ2n) is 17.6. The van der Waals surface area contributed by atoms with Gasteiger partial charge in [-0.1, -0.05) is 84.9 Å². The minimum Gasteiger partial charge on any atom is -0.507 e. The molecule has 0 fully saturated rings. The third-order valence-corrected chi connectivity index (χ3v) is 10.5. The summed E-state index contributed by atoms with van der Waals surface area (Å²) < 4.78 is 0. The molecule has 0 aliphatic carbocycles. The van der Waals surface area contributed by atoms with Gasteiger partial charge in [0.2, 0.25) is 0 Å². The molecule has 0 aliphatic rings. The summed E-state index contributed by atoms with van der Waals surface area (Å²) in [6.07, 6.45) is 0. The van der Waals surface area contributed by atoms with Gasteiger partial charge in [0.25, 0.3) is 17.7 Å². The van der Waals surface area contributed by atoms with Gasteiger partial charge in [0.1, 0.15) is 18.1 Å². The normalized spacial score (nSPS) is 11.8. The summed E-state index contributed by atoms with van der Waals surface area (Å²) in [6.45, 7) is 11.2. The second-order valence-corrected chi connectivity index (χ2v) is 17.6. The number of hydrogen-bond acceptors (Lipinski definition) is 7. The van der Waals surface area contributed by atoms with Crippen LogP contribution in [0.4, 0.5) is 11.4 Å². The van der Waals surface area contributed by atoms with Gasteiger partial charge in [-0.2, -0.15) is 0 Å². The van der Waals surface area contributed by atoms with E-state index >= 15 is 0 Å². The van der Waals surface area contributed by atoms with E-state index in [1.165, 1.54) is 0 Å². The van der Waals surface area contributed by atoms with Crippen LogP contribution in [0.15, 0.2) is 133 Å². The predicted molar refractivity (Wildman–Crippen MR) is 249 cm³/mol. The van der Waals surface area contributed by atoms with Gasteiger partial charge in [0.05, 0.1) is 11.3 Å². The fourth-order valence-electron chi connectivity index (χ4n) is 7.78. The van der Waals surface area contributed by atoms with Crippen molar-refractivity contribution < 1.29 is 29.4 Å². The summed E-state index contributed by atoms with van der Waals surface area (Å²) in [5.74, 6) is -1.80. The third kappa shape index (κ3) is 8.46. The van der Waals surface area contributed by atoms with Gasteiger partial charge in [-0.05, 0) is 122 Å². The van der Waals surface area contributed by atoms with Crippen LogP contribution >= 0.6 is 0 Å². The zero-order chi connectivity index (χ0) is 43.9. The van der Waals surface area contributed by atoms with Gasteiger partial charge in [-0.3, -0.25) is 24.7 Å². The standard InChI is InChI=1S/C52H48N4O6/c1-51(2,3)54-48(59)32-21-23-39-34(25-32)27-36(29-62-56-43-20-12-16-31-14-8-10-18-38(31)43)46(57)44(39)45-40-24-22-33(49(60)55-52(4,5)6)26-35(40)28-41(47(45)58)50(61)53-42-19-11-15-30-13-7-9-17-37(30)42/h7-28,56-58H,29H2,1-6H3,(H,53,61)(H,54,59)(H,55,60). The first-order valence-corrected chi connectivity index (χ1v) is 20.4. The van der Waals surface area contributed by atoms with Crippen LogP contribution < -0.4 is 21.4 Å². The number of aromatic hydroxyl groups is 2. The lowest BCUT2D eigenvalue weighted by molar-refractivity contribution is 0.0910. The fraction of sp³-hybridized carbons (Fsp3) is 0.173. The number of hydrogen-bond donors (Lipinski definition) is 6. The minimum absolute atomic E-state index is 0.0817. The molecule has 0 unspecified atom stereocenters. The molecule has 0 atom stereocenters. The number of nitrogens with one attached hydrogen (secondary N) is 4. The summed E-state index contributed by atoms with van der Waals surface area (Å²) in [6, 6.07) is 40.3. The largest absolute Gasteiger partial charge is 0.507 e. The second kappa shape index (κ2) is 16.2. The average Bonchev–Trinajstić information content (AvgIpc) is 3.22. The van der Waals surface area contributed by atoms with E-state index in [-0.39, 0.29) is 46.6 Å². The van der Waals surface area contributed by atoms with E-state index in [2.05, 4.69) is 21.4 Å². The van der Waals surface area contributed by atoms with Crippen molar-refractivity contribution >= 4 is 72.2 Å². The molecule has 0 spiro atoms. The quantitative estimate of drug-likeness (QED) is 0.0794. The van der Waals surface area contributed by atoms with Crippen molar-refractivity contribution in [2.24, 2.45) is 0 Å². The lowest BCUT2D eigenvalue weighted by atomic mass is 9.87. The Hall–Kier alpha value is -7.43.